The maximum Gasteiger partial charge on any atom is 0.256 e. The SMILES string of the molecule is Cc1ccc(C(=O)c2ccccc2C(=O)Nc2ccc(-c3ccc(N4CCCC4)nn3)cc2)cc1. The lowest BCUT2D eigenvalue weighted by molar-refractivity contribution is 0.0996. The van der Waals surface area contributed by atoms with E-state index in [-0.39, 0.29) is 11.7 Å². The van der Waals surface area contributed by atoms with Crippen LogP contribution in [0.5, 0.6) is 0 Å². The number of carbonyl (C=O) groups is 2. The van der Waals surface area contributed by atoms with Crippen LogP contribution >= 0.6 is 0 Å². The van der Waals surface area contributed by atoms with Gasteiger partial charge in [-0.25, -0.2) is 0 Å². The highest BCUT2D eigenvalue weighted by atomic mass is 16.2. The molecule has 0 bridgehead atoms. The minimum Gasteiger partial charge on any atom is -0.355 e. The Morgan fingerprint density at radius 2 is 1.46 bits per heavy atom. The molecule has 0 radical (unpaired) electrons. The average Bonchev–Trinajstić information content (AvgIpc) is 3.44. The molecule has 0 aliphatic carbocycles. The molecule has 6 nitrogen and oxygen atoms in total. The van der Waals surface area contributed by atoms with Gasteiger partial charge in [-0.05, 0) is 50.1 Å². The Morgan fingerprint density at radius 1 is 0.771 bits per heavy atom. The van der Waals surface area contributed by atoms with E-state index in [0.717, 1.165) is 35.7 Å². The summed E-state index contributed by atoms with van der Waals surface area (Å²) in [4.78, 5) is 28.3. The summed E-state index contributed by atoms with van der Waals surface area (Å²) in [5.41, 5.74) is 4.67. The maximum absolute atomic E-state index is 13.1. The highest BCUT2D eigenvalue weighted by Gasteiger charge is 2.18. The highest BCUT2D eigenvalue weighted by Crippen LogP contribution is 2.23. The first kappa shape index (κ1) is 22.5. The van der Waals surface area contributed by atoms with Gasteiger partial charge in [-0.3, -0.25) is 9.59 Å². The first-order valence-corrected chi connectivity index (χ1v) is 11.8. The molecule has 1 amide bonds. The number of hydrogen-bond donors (Lipinski definition) is 1. The number of aromatic nitrogens is 2. The monoisotopic (exact) mass is 462 g/mol. The van der Waals surface area contributed by atoms with Gasteiger partial charge in [0.2, 0.25) is 0 Å². The molecule has 1 N–H and O–H groups in total. The first-order chi connectivity index (χ1) is 17.1. The predicted molar refractivity (Wildman–Crippen MR) is 138 cm³/mol. The van der Waals surface area contributed by atoms with E-state index in [1.807, 2.05) is 55.5 Å². The summed E-state index contributed by atoms with van der Waals surface area (Å²) < 4.78 is 0. The van der Waals surface area contributed by atoms with Crippen LogP contribution in [-0.4, -0.2) is 35.0 Å². The van der Waals surface area contributed by atoms with E-state index in [9.17, 15) is 9.59 Å². The predicted octanol–water partition coefficient (Wildman–Crippen LogP) is 5.54. The minimum absolute atomic E-state index is 0.179. The van der Waals surface area contributed by atoms with Crippen molar-refractivity contribution in [3.8, 4) is 11.3 Å². The molecule has 1 saturated heterocycles. The lowest BCUT2D eigenvalue weighted by Gasteiger charge is -2.15. The van der Waals surface area contributed by atoms with Gasteiger partial charge in [0, 0.05) is 35.5 Å². The van der Waals surface area contributed by atoms with Crippen molar-refractivity contribution in [3.63, 3.8) is 0 Å². The van der Waals surface area contributed by atoms with Crippen LogP contribution in [0.2, 0.25) is 0 Å². The van der Waals surface area contributed by atoms with Gasteiger partial charge in [0.05, 0.1) is 11.3 Å². The largest absolute Gasteiger partial charge is 0.355 e. The summed E-state index contributed by atoms with van der Waals surface area (Å²) in [6, 6.07) is 25.7. The zero-order chi connectivity index (χ0) is 24.2. The summed E-state index contributed by atoms with van der Waals surface area (Å²) in [6.07, 6.45) is 2.39. The van der Waals surface area contributed by atoms with Gasteiger partial charge in [0.1, 0.15) is 0 Å². The van der Waals surface area contributed by atoms with Crippen molar-refractivity contribution in [1.82, 2.24) is 10.2 Å². The standard InChI is InChI=1S/C29H26N4O2/c1-20-8-10-22(11-9-20)28(34)24-6-2-3-7-25(24)29(35)30-23-14-12-21(13-15-23)26-16-17-27(32-31-26)33-18-4-5-19-33/h2-3,6-17H,4-5,18-19H2,1H3,(H,30,35). The molecule has 0 spiro atoms. The van der Waals surface area contributed by atoms with Gasteiger partial charge < -0.3 is 10.2 Å². The van der Waals surface area contributed by atoms with Crippen molar-refractivity contribution in [2.45, 2.75) is 19.8 Å². The number of nitrogens with zero attached hydrogens (tertiary/aromatic N) is 3. The normalized spacial score (nSPS) is 13.0. The van der Waals surface area contributed by atoms with Crippen molar-refractivity contribution in [1.29, 1.82) is 0 Å². The number of rotatable bonds is 6. The maximum atomic E-state index is 13.1. The molecule has 1 aromatic heterocycles. The van der Waals surface area contributed by atoms with Crippen LogP contribution in [0.4, 0.5) is 11.5 Å². The molecule has 1 fully saturated rings. The Morgan fingerprint density at radius 3 is 2.11 bits per heavy atom. The quantitative estimate of drug-likeness (QED) is 0.381. The van der Waals surface area contributed by atoms with Crippen molar-refractivity contribution in [2.75, 3.05) is 23.3 Å². The Balaban J connectivity index is 1.30. The number of anilines is 2. The van der Waals surface area contributed by atoms with E-state index in [4.69, 9.17) is 0 Å². The lowest BCUT2D eigenvalue weighted by Crippen LogP contribution is -2.19. The molecule has 4 aromatic rings. The summed E-state index contributed by atoms with van der Waals surface area (Å²) in [6.45, 7) is 4.03. The number of carbonyl (C=O) groups excluding carboxylic acids is 2. The molecule has 174 valence electrons. The molecular formula is C29H26N4O2. The Hall–Kier alpha value is -4.32. The van der Waals surface area contributed by atoms with Gasteiger partial charge in [-0.2, -0.15) is 0 Å². The first-order valence-electron chi connectivity index (χ1n) is 11.8. The second kappa shape index (κ2) is 9.89. The Bertz CT molecular complexity index is 1340. The molecule has 35 heavy (non-hydrogen) atoms. The van der Waals surface area contributed by atoms with Crippen LogP contribution in [0.1, 0.15) is 44.7 Å². The van der Waals surface area contributed by atoms with Crippen LogP contribution < -0.4 is 10.2 Å². The third-order valence-electron chi connectivity index (χ3n) is 6.25. The zero-order valence-corrected chi connectivity index (χ0v) is 19.6. The van der Waals surface area contributed by atoms with Gasteiger partial charge >= 0.3 is 0 Å². The molecule has 6 heteroatoms. The van der Waals surface area contributed by atoms with Gasteiger partial charge in [-0.1, -0.05) is 60.2 Å². The topological polar surface area (TPSA) is 75.2 Å². The van der Waals surface area contributed by atoms with Crippen LogP contribution in [0.3, 0.4) is 0 Å². The zero-order valence-electron chi connectivity index (χ0n) is 19.6. The van der Waals surface area contributed by atoms with Gasteiger partial charge in [0.25, 0.3) is 5.91 Å². The number of hydrogen-bond acceptors (Lipinski definition) is 5. The van der Waals surface area contributed by atoms with Crippen LogP contribution in [-0.2, 0) is 0 Å². The minimum atomic E-state index is -0.330. The fourth-order valence-corrected chi connectivity index (χ4v) is 4.26. The Kier molecular flexibility index (Phi) is 6.35. The third-order valence-corrected chi connectivity index (χ3v) is 6.25. The molecule has 0 atom stereocenters. The van der Waals surface area contributed by atoms with Crippen molar-refractivity contribution in [2.24, 2.45) is 0 Å². The van der Waals surface area contributed by atoms with Gasteiger partial charge in [-0.15, -0.1) is 10.2 Å². The second-order valence-corrected chi connectivity index (χ2v) is 8.74. The molecule has 0 unspecified atom stereocenters. The van der Waals surface area contributed by atoms with E-state index in [0.29, 0.717) is 22.4 Å². The van der Waals surface area contributed by atoms with Crippen LogP contribution in [0.25, 0.3) is 11.3 Å². The molecule has 1 aliphatic rings. The summed E-state index contributed by atoms with van der Waals surface area (Å²) in [7, 11) is 0. The van der Waals surface area contributed by atoms with Crippen molar-refractivity contribution >= 4 is 23.2 Å². The van der Waals surface area contributed by atoms with E-state index in [2.05, 4.69) is 20.4 Å². The lowest BCUT2D eigenvalue weighted by atomic mass is 9.97. The van der Waals surface area contributed by atoms with Gasteiger partial charge in [0.15, 0.2) is 11.6 Å². The number of aryl methyl sites for hydroxylation is 1. The molecule has 3 aromatic carbocycles. The Labute approximate surface area is 204 Å². The highest BCUT2D eigenvalue weighted by molar-refractivity contribution is 6.17. The third kappa shape index (κ3) is 4.96. The average molecular weight is 463 g/mol. The number of amides is 1. The number of ketones is 1. The number of nitrogens with one attached hydrogen (secondary N) is 1. The van der Waals surface area contributed by atoms with Crippen LogP contribution in [0, 0.1) is 6.92 Å². The summed E-state index contributed by atoms with van der Waals surface area (Å²) in [5.74, 6) is 0.402. The number of benzene rings is 3. The fourth-order valence-electron chi connectivity index (χ4n) is 4.26. The van der Waals surface area contributed by atoms with E-state index in [1.54, 1.807) is 36.4 Å². The summed E-state index contributed by atoms with van der Waals surface area (Å²) >= 11 is 0. The van der Waals surface area contributed by atoms with E-state index >= 15 is 0 Å². The smallest absolute Gasteiger partial charge is 0.256 e. The molecule has 0 saturated carbocycles. The van der Waals surface area contributed by atoms with E-state index < -0.39 is 0 Å². The molecule has 5 rings (SSSR count). The second-order valence-electron chi connectivity index (χ2n) is 8.74. The van der Waals surface area contributed by atoms with E-state index in [1.165, 1.54) is 12.8 Å². The molecule has 1 aliphatic heterocycles. The van der Waals surface area contributed by atoms with Crippen molar-refractivity contribution in [3.05, 3.63) is 107 Å². The summed E-state index contributed by atoms with van der Waals surface area (Å²) in [5, 5.41) is 11.7. The fraction of sp³-hybridized carbons (Fsp3) is 0.172. The molecule has 2 heterocycles. The molecular weight excluding hydrogens is 436 g/mol. The van der Waals surface area contributed by atoms with Crippen molar-refractivity contribution < 1.29 is 9.59 Å². The van der Waals surface area contributed by atoms with Crippen LogP contribution in [0.15, 0.2) is 84.9 Å².